The van der Waals surface area contributed by atoms with Crippen LogP contribution in [0.5, 0.6) is 0 Å². The van der Waals surface area contributed by atoms with E-state index >= 15 is 5.78 Å². The molecule has 0 aliphatic heterocycles. The van der Waals surface area contributed by atoms with Crippen LogP contribution in [-0.2, 0) is 0 Å². The Balaban J connectivity index is 2.74. The van der Waals surface area contributed by atoms with E-state index < -0.39 is 19.3 Å². The van der Waals surface area contributed by atoms with Gasteiger partial charge in [-0.1, -0.05) is 0 Å². The summed E-state index contributed by atoms with van der Waals surface area (Å²) in [5.41, 5.74) is 5.03. The first-order valence-electron chi connectivity index (χ1n) is 7.03. The van der Waals surface area contributed by atoms with Gasteiger partial charge < -0.3 is 0 Å². The number of aryl methyl sites for hydroxylation is 6. The first kappa shape index (κ1) is 16.5. The van der Waals surface area contributed by atoms with Gasteiger partial charge in [0.2, 0.25) is 0 Å². The van der Waals surface area contributed by atoms with Gasteiger partial charge in [0.15, 0.2) is 0 Å². The number of halogens is 2. The number of benzene rings is 2. The Bertz CT molecular complexity index is 597. The molecule has 0 saturated carbocycles. The fourth-order valence-electron chi connectivity index (χ4n) is 3.24. The van der Waals surface area contributed by atoms with Crippen molar-refractivity contribution in [3.05, 3.63) is 57.6 Å². The van der Waals surface area contributed by atoms with E-state index in [0.717, 1.165) is 33.4 Å². The van der Waals surface area contributed by atoms with E-state index in [1.165, 1.54) is 0 Å². The second-order valence-electron chi connectivity index (χ2n) is 5.92. The van der Waals surface area contributed by atoms with E-state index in [1.807, 2.05) is 65.8 Å². The maximum absolute atomic E-state index is 15.4. The van der Waals surface area contributed by atoms with Gasteiger partial charge in [-0.15, -0.1) is 0 Å². The summed E-state index contributed by atoms with van der Waals surface area (Å²) in [4.78, 5) is 0. The van der Waals surface area contributed by atoms with Crippen LogP contribution in [0.4, 0.5) is 5.78 Å². The Morgan fingerprint density at radius 3 is 1.05 bits per heavy atom. The summed E-state index contributed by atoms with van der Waals surface area (Å²) in [6.45, 7) is 11.2. The van der Waals surface area contributed by atoms with Crippen molar-refractivity contribution in [2.45, 2.75) is 41.5 Å². The fraction of sp³-hybridized carbons (Fsp3) is 0.333. The summed E-state index contributed by atoms with van der Waals surface area (Å²) in [6.07, 6.45) is 0. The zero-order chi connectivity index (χ0) is 15.9. The van der Waals surface area contributed by atoms with Crippen LogP contribution in [0.15, 0.2) is 24.3 Å². The van der Waals surface area contributed by atoms with Crippen molar-refractivity contribution < 1.29 is 5.78 Å². The van der Waals surface area contributed by atoms with Crippen LogP contribution in [0.1, 0.15) is 33.4 Å². The maximum atomic E-state index is 15.4. The van der Waals surface area contributed by atoms with E-state index in [-0.39, 0.29) is 0 Å². The molecule has 0 aromatic heterocycles. The summed E-state index contributed by atoms with van der Waals surface area (Å²) >= 11 is -5.31. The van der Waals surface area contributed by atoms with Crippen LogP contribution >= 0.6 is 0 Å². The van der Waals surface area contributed by atoms with E-state index in [2.05, 4.69) is 0 Å². The van der Waals surface area contributed by atoms with E-state index in [9.17, 15) is 0 Å². The van der Waals surface area contributed by atoms with Gasteiger partial charge >= 0.3 is 132 Å². The summed E-state index contributed by atoms with van der Waals surface area (Å²) in [6, 6.07) is 7.50. The molecule has 0 nitrogen and oxygen atoms in total. The van der Waals surface area contributed by atoms with Gasteiger partial charge in [0, 0.05) is 0 Å². The molecule has 0 amide bonds. The minimum absolute atomic E-state index is 0.332. The van der Waals surface area contributed by atoms with Crippen LogP contribution in [0, 0.1) is 41.5 Å². The molecule has 2 aromatic rings. The third kappa shape index (κ3) is 3.00. The van der Waals surface area contributed by atoms with Crippen molar-refractivity contribution in [2.24, 2.45) is 0 Å². The molecule has 0 saturated heterocycles. The average Bonchev–Trinajstić information content (AvgIpc) is 2.23. The van der Waals surface area contributed by atoms with Crippen molar-refractivity contribution >= 4 is 26.5 Å². The first-order chi connectivity index (χ1) is 9.64. The molecule has 0 bridgehead atoms. The molecule has 2 rings (SSSR count). The van der Waals surface area contributed by atoms with Crippen molar-refractivity contribution in [1.29, 1.82) is 0 Å². The molecule has 0 radical (unpaired) electrons. The number of hydrogen-bond acceptors (Lipinski definition) is 0. The molecule has 0 atom stereocenters. The van der Waals surface area contributed by atoms with Gasteiger partial charge in [-0.3, -0.25) is 0 Å². The summed E-state index contributed by atoms with van der Waals surface area (Å²) in [5.74, 6) is 0. The molecular weight excluding hydrogens is 382 g/mol. The molecule has 0 fully saturated rings. The fourth-order valence-corrected chi connectivity index (χ4v) is 9.12. The van der Waals surface area contributed by atoms with Crippen molar-refractivity contribution in [2.75, 3.05) is 0 Å². The third-order valence-electron chi connectivity index (χ3n) is 3.72. The van der Waals surface area contributed by atoms with E-state index in [0.29, 0.717) is 7.22 Å². The Morgan fingerprint density at radius 1 is 0.571 bits per heavy atom. The van der Waals surface area contributed by atoms with Gasteiger partial charge in [-0.2, -0.15) is 0 Å². The van der Waals surface area contributed by atoms with Crippen LogP contribution < -0.4 is 7.22 Å². The van der Waals surface area contributed by atoms with Crippen molar-refractivity contribution in [3.8, 4) is 0 Å². The van der Waals surface area contributed by atoms with Gasteiger partial charge in [0.05, 0.1) is 0 Å². The van der Waals surface area contributed by atoms with Gasteiger partial charge in [-0.05, 0) is 0 Å². The van der Waals surface area contributed by atoms with Crippen LogP contribution in [0.3, 0.4) is 0 Å². The average molecular weight is 404 g/mol. The third-order valence-corrected chi connectivity index (χ3v) is 10.3. The second kappa shape index (κ2) is 5.71. The predicted octanol–water partition coefficient (Wildman–Crippen LogP) is 4.03. The zero-order valence-electron chi connectivity index (χ0n) is 13.5. The molecule has 0 heterocycles. The standard InChI is InChI=1S/C18H22F2Te/c1-11-7-13(3)17(14(4)8-11)21(19,20)18-15(5)9-12(2)10-16(18)6/h7-10H,1-6H3. The second-order valence-corrected chi connectivity index (χ2v) is 10.9. The molecule has 2 aromatic carbocycles. The molecule has 0 spiro atoms. The predicted molar refractivity (Wildman–Crippen MR) is 88.5 cm³/mol. The molecule has 0 N–H and O–H groups in total. The monoisotopic (exact) mass is 406 g/mol. The Morgan fingerprint density at radius 2 is 0.810 bits per heavy atom. The molecule has 21 heavy (non-hydrogen) atoms. The molecular formula is C18H22F2Te. The van der Waals surface area contributed by atoms with Crippen LogP contribution in [0.25, 0.3) is 0 Å². The molecule has 0 unspecified atom stereocenters. The van der Waals surface area contributed by atoms with Crippen LogP contribution in [0.2, 0.25) is 0 Å². The van der Waals surface area contributed by atoms with E-state index in [1.54, 1.807) is 0 Å². The minimum atomic E-state index is -5.31. The number of rotatable bonds is 2. The summed E-state index contributed by atoms with van der Waals surface area (Å²) < 4.78 is 31.4. The number of hydrogen-bond donors (Lipinski definition) is 0. The Labute approximate surface area is 131 Å². The van der Waals surface area contributed by atoms with Gasteiger partial charge in [0.25, 0.3) is 0 Å². The van der Waals surface area contributed by atoms with E-state index in [4.69, 9.17) is 0 Å². The van der Waals surface area contributed by atoms with Crippen molar-refractivity contribution in [1.82, 2.24) is 0 Å². The van der Waals surface area contributed by atoms with Gasteiger partial charge in [-0.25, -0.2) is 0 Å². The molecule has 3 heteroatoms. The normalized spacial score (nSPS) is 12.6. The van der Waals surface area contributed by atoms with Gasteiger partial charge in [0.1, 0.15) is 0 Å². The topological polar surface area (TPSA) is 0 Å². The molecule has 0 aliphatic carbocycles. The quantitative estimate of drug-likeness (QED) is 0.664. The molecule has 114 valence electrons. The summed E-state index contributed by atoms with van der Waals surface area (Å²) in [5, 5.41) is 0. The summed E-state index contributed by atoms with van der Waals surface area (Å²) in [7, 11) is 0. The Kier molecular flexibility index (Phi) is 4.47. The van der Waals surface area contributed by atoms with Crippen molar-refractivity contribution in [3.63, 3.8) is 0 Å². The zero-order valence-corrected chi connectivity index (χ0v) is 15.8. The first-order valence-corrected chi connectivity index (χ1v) is 11.1. The van der Waals surface area contributed by atoms with Crippen LogP contribution in [-0.4, -0.2) is 19.3 Å². The SMILES string of the molecule is Cc1cc(C)c([Te](F)(F)c2c(C)cc(C)cc2C)c(C)c1. The Hall–Kier alpha value is -0.910. The molecule has 0 aliphatic rings.